The Morgan fingerprint density at radius 1 is 1.30 bits per heavy atom. The van der Waals surface area contributed by atoms with Crippen LogP contribution in [0.2, 0.25) is 0 Å². The van der Waals surface area contributed by atoms with E-state index in [1.807, 2.05) is 32.0 Å². The number of nitrogens with one attached hydrogen (secondary N) is 3. The molecule has 0 saturated heterocycles. The molecule has 0 radical (unpaired) electrons. The molecular formula is C24H34N4O5. The Hall–Kier alpha value is -2.94. The van der Waals surface area contributed by atoms with Crippen molar-refractivity contribution in [1.29, 1.82) is 0 Å². The minimum atomic E-state index is -0.956. The van der Waals surface area contributed by atoms with Gasteiger partial charge in [0.1, 0.15) is 5.71 Å². The summed E-state index contributed by atoms with van der Waals surface area (Å²) in [6.07, 6.45) is 3.01. The monoisotopic (exact) mass is 458 g/mol. The summed E-state index contributed by atoms with van der Waals surface area (Å²) in [4.78, 5) is 35.3. The van der Waals surface area contributed by atoms with Gasteiger partial charge in [0.25, 0.3) is 0 Å². The minimum absolute atomic E-state index is 0.144. The highest BCUT2D eigenvalue weighted by Gasteiger charge is 2.46. The number of carbonyl (C=O) groups is 3. The van der Waals surface area contributed by atoms with Crippen molar-refractivity contribution in [3.8, 4) is 0 Å². The van der Waals surface area contributed by atoms with Crippen LogP contribution in [0.15, 0.2) is 23.3 Å². The maximum absolute atomic E-state index is 12.1. The summed E-state index contributed by atoms with van der Waals surface area (Å²) in [5.74, 6) is -0.967. The third kappa shape index (κ3) is 5.52. The maximum Gasteiger partial charge on any atom is 0.428 e. The van der Waals surface area contributed by atoms with Gasteiger partial charge in [0, 0.05) is 18.7 Å². The highest BCUT2D eigenvalue weighted by Crippen LogP contribution is 2.41. The molecule has 1 atom stereocenters. The van der Waals surface area contributed by atoms with Gasteiger partial charge in [0.15, 0.2) is 5.60 Å². The van der Waals surface area contributed by atoms with Crippen LogP contribution in [-0.4, -0.2) is 47.4 Å². The van der Waals surface area contributed by atoms with Crippen LogP contribution in [-0.2, 0) is 19.9 Å². The fourth-order valence-corrected chi connectivity index (χ4v) is 4.75. The Kier molecular flexibility index (Phi) is 7.11. The smallest absolute Gasteiger partial charge is 0.428 e. The second-order valence-corrected chi connectivity index (χ2v) is 9.68. The Morgan fingerprint density at radius 3 is 2.55 bits per heavy atom. The van der Waals surface area contributed by atoms with Crippen molar-refractivity contribution in [2.24, 2.45) is 11.0 Å². The summed E-state index contributed by atoms with van der Waals surface area (Å²) in [5, 5.41) is 19.8. The lowest BCUT2D eigenvalue weighted by molar-refractivity contribution is -0.139. The third-order valence-electron chi connectivity index (χ3n) is 6.58. The molecule has 3 rings (SSSR count). The van der Waals surface area contributed by atoms with E-state index in [-0.39, 0.29) is 6.04 Å². The summed E-state index contributed by atoms with van der Waals surface area (Å²) in [6.45, 7) is 7.32. The van der Waals surface area contributed by atoms with Gasteiger partial charge in [0.2, 0.25) is 0 Å². The lowest BCUT2D eigenvalue weighted by Crippen LogP contribution is -2.52. The van der Waals surface area contributed by atoms with E-state index in [4.69, 9.17) is 4.74 Å². The fourth-order valence-electron chi connectivity index (χ4n) is 4.75. The number of likely N-dealkylation sites (N-methyl/N-ethyl adjacent to an activating group) is 1. The molecular weight excluding hydrogens is 424 g/mol. The molecule has 1 aromatic rings. The molecule has 1 heterocycles. The summed E-state index contributed by atoms with van der Waals surface area (Å²) in [6, 6.07) is 5.59. The molecule has 1 aromatic carbocycles. The molecule has 3 amide bonds. The number of amides is 3. The highest BCUT2D eigenvalue weighted by atomic mass is 16.6. The number of aryl methyl sites for hydroxylation is 1. The maximum atomic E-state index is 12.1. The second-order valence-electron chi connectivity index (χ2n) is 9.68. The van der Waals surface area contributed by atoms with Crippen molar-refractivity contribution in [3.05, 3.63) is 34.9 Å². The molecule has 0 bridgehead atoms. The molecule has 1 aliphatic heterocycles. The lowest BCUT2D eigenvalue weighted by Gasteiger charge is -2.42. The largest absolute Gasteiger partial charge is 0.435 e. The van der Waals surface area contributed by atoms with Crippen LogP contribution in [0.25, 0.3) is 0 Å². The molecule has 1 aliphatic carbocycles. The number of aliphatic hydroxyl groups is 1. The van der Waals surface area contributed by atoms with E-state index < -0.39 is 29.1 Å². The number of ether oxygens (including phenoxy) is 1. The number of benzene rings is 1. The molecule has 0 aromatic heterocycles. The number of hydrogen-bond donors (Lipinski definition) is 4. The average molecular weight is 459 g/mol. The standard InChI is InChI=1S/C24H34N4O5/c1-14-12-17(23(3,4)32)6-7-18(14)19-24(33-22(31)28-27-19)10-8-16(9-11-24)13-15(2)26-21(30)20(29)25-5/h6-7,12,15-16,32H,8-11,13H2,1-5H3,(H,25,29)(H,26,30)(H,28,31)/t15-,16?,24?/m0/s1. The van der Waals surface area contributed by atoms with Crippen molar-refractivity contribution >= 4 is 23.6 Å². The van der Waals surface area contributed by atoms with Crippen LogP contribution < -0.4 is 16.1 Å². The van der Waals surface area contributed by atoms with E-state index in [1.54, 1.807) is 13.8 Å². The van der Waals surface area contributed by atoms with Crippen molar-refractivity contribution in [3.63, 3.8) is 0 Å². The van der Waals surface area contributed by atoms with Gasteiger partial charge < -0.3 is 20.5 Å². The predicted octanol–water partition coefficient (Wildman–Crippen LogP) is 2.24. The van der Waals surface area contributed by atoms with Crippen LogP contribution in [0.3, 0.4) is 0 Å². The minimum Gasteiger partial charge on any atom is -0.435 e. The molecule has 33 heavy (non-hydrogen) atoms. The predicted molar refractivity (Wildman–Crippen MR) is 124 cm³/mol. The Labute approximate surface area is 194 Å². The second kappa shape index (κ2) is 9.51. The summed E-state index contributed by atoms with van der Waals surface area (Å²) >= 11 is 0. The van der Waals surface area contributed by atoms with Gasteiger partial charge in [-0.05, 0) is 76.8 Å². The van der Waals surface area contributed by atoms with Crippen molar-refractivity contribution in [2.45, 2.75) is 77.0 Å². The number of hydrazone groups is 1. The zero-order valence-electron chi connectivity index (χ0n) is 19.9. The van der Waals surface area contributed by atoms with E-state index >= 15 is 0 Å². The molecule has 180 valence electrons. The van der Waals surface area contributed by atoms with E-state index in [2.05, 4.69) is 21.2 Å². The molecule has 9 nitrogen and oxygen atoms in total. The van der Waals surface area contributed by atoms with Crippen LogP contribution >= 0.6 is 0 Å². The van der Waals surface area contributed by atoms with Crippen LogP contribution in [0.4, 0.5) is 4.79 Å². The molecule has 9 heteroatoms. The molecule has 1 saturated carbocycles. The molecule has 4 N–H and O–H groups in total. The summed E-state index contributed by atoms with van der Waals surface area (Å²) in [7, 11) is 1.42. The van der Waals surface area contributed by atoms with Crippen LogP contribution in [0.5, 0.6) is 0 Å². The van der Waals surface area contributed by atoms with Crippen LogP contribution in [0, 0.1) is 12.8 Å². The number of hydrogen-bond acceptors (Lipinski definition) is 6. The van der Waals surface area contributed by atoms with Crippen molar-refractivity contribution in [2.75, 3.05) is 7.05 Å². The first kappa shape index (κ1) is 24.7. The van der Waals surface area contributed by atoms with E-state index in [9.17, 15) is 19.5 Å². The first-order chi connectivity index (χ1) is 15.4. The zero-order chi connectivity index (χ0) is 24.4. The molecule has 0 unspecified atom stereocenters. The van der Waals surface area contributed by atoms with Gasteiger partial charge in [-0.25, -0.2) is 10.2 Å². The van der Waals surface area contributed by atoms with Gasteiger partial charge in [-0.1, -0.05) is 18.2 Å². The average Bonchev–Trinajstić information content (AvgIpc) is 2.74. The fraction of sp³-hybridized carbons (Fsp3) is 0.583. The van der Waals surface area contributed by atoms with E-state index in [0.29, 0.717) is 24.5 Å². The Bertz CT molecular complexity index is 958. The van der Waals surface area contributed by atoms with Crippen LogP contribution in [0.1, 0.15) is 69.6 Å². The van der Waals surface area contributed by atoms with Crippen molar-refractivity contribution in [1.82, 2.24) is 16.1 Å². The third-order valence-corrected chi connectivity index (χ3v) is 6.58. The van der Waals surface area contributed by atoms with Crippen molar-refractivity contribution < 1.29 is 24.2 Å². The number of rotatable bonds is 5. The molecule has 2 aliphatic rings. The topological polar surface area (TPSA) is 129 Å². The zero-order valence-corrected chi connectivity index (χ0v) is 19.9. The number of carbonyl (C=O) groups excluding carboxylic acids is 3. The molecule has 1 fully saturated rings. The van der Waals surface area contributed by atoms with Gasteiger partial charge in [0.05, 0.1) is 5.60 Å². The normalized spacial score (nSPS) is 23.8. The van der Waals surface area contributed by atoms with Gasteiger partial charge in [-0.2, -0.15) is 5.10 Å². The molecule has 1 spiro atoms. The summed E-state index contributed by atoms with van der Waals surface area (Å²) < 4.78 is 5.85. The van der Waals surface area contributed by atoms with E-state index in [1.165, 1.54) is 7.05 Å². The summed E-state index contributed by atoms with van der Waals surface area (Å²) in [5.41, 5.74) is 4.00. The van der Waals surface area contributed by atoms with Gasteiger partial charge in [-0.15, -0.1) is 0 Å². The first-order valence-electron chi connectivity index (χ1n) is 11.4. The van der Waals surface area contributed by atoms with Gasteiger partial charge >= 0.3 is 17.9 Å². The Morgan fingerprint density at radius 2 is 1.97 bits per heavy atom. The SMILES string of the molecule is CNC(=O)C(=O)N[C@@H](C)CC1CCC2(CC1)OC(=O)NN=C2c1ccc(C(C)(C)O)cc1C. The first-order valence-corrected chi connectivity index (χ1v) is 11.4. The lowest BCUT2D eigenvalue weighted by atomic mass is 9.72. The van der Waals surface area contributed by atoms with Gasteiger partial charge in [-0.3, -0.25) is 9.59 Å². The highest BCUT2D eigenvalue weighted by molar-refractivity contribution is 6.35. The van der Waals surface area contributed by atoms with E-state index in [0.717, 1.165) is 36.0 Å². The Balaban J connectivity index is 1.73. The quantitative estimate of drug-likeness (QED) is 0.503. The number of nitrogens with zero attached hydrogens (tertiary/aromatic N) is 1.